The fourth-order valence-corrected chi connectivity index (χ4v) is 3.74. The molecule has 4 rings (SSSR count). The van der Waals surface area contributed by atoms with Crippen LogP contribution in [0.2, 0.25) is 0 Å². The second-order valence-electron chi connectivity index (χ2n) is 7.04. The summed E-state index contributed by atoms with van der Waals surface area (Å²) < 4.78 is 12.0. The molecule has 0 aliphatic heterocycles. The van der Waals surface area contributed by atoms with Crippen LogP contribution in [0.5, 0.6) is 11.5 Å². The molecule has 2 aromatic heterocycles. The van der Waals surface area contributed by atoms with Crippen molar-refractivity contribution in [3.63, 3.8) is 0 Å². The lowest BCUT2D eigenvalue weighted by Gasteiger charge is -2.19. The van der Waals surface area contributed by atoms with E-state index in [2.05, 4.69) is 55.9 Å². The minimum atomic E-state index is 0.556. The van der Waals surface area contributed by atoms with E-state index in [0.717, 1.165) is 50.7 Å². The molecule has 1 N–H and O–H groups in total. The highest BCUT2D eigenvalue weighted by atomic mass is 16.5. The number of aromatic nitrogens is 5. The molecule has 0 amide bonds. The van der Waals surface area contributed by atoms with Crippen LogP contribution in [0.25, 0.3) is 33.6 Å². The fraction of sp³-hybridized carbons (Fsp3) is 0.250. The summed E-state index contributed by atoms with van der Waals surface area (Å²) in [5, 5.41) is 14.5. The molecule has 0 fully saturated rings. The van der Waals surface area contributed by atoms with Crippen LogP contribution in [0.4, 0.5) is 0 Å². The predicted molar refractivity (Wildman–Crippen MR) is 120 cm³/mol. The second-order valence-corrected chi connectivity index (χ2v) is 7.04. The molecule has 0 saturated carbocycles. The Morgan fingerprint density at radius 3 is 1.90 bits per heavy atom. The van der Waals surface area contributed by atoms with Crippen molar-refractivity contribution in [2.24, 2.45) is 0 Å². The van der Waals surface area contributed by atoms with Crippen molar-refractivity contribution >= 4 is 0 Å². The molecular formula is C24H25N5O2. The Labute approximate surface area is 181 Å². The molecule has 0 bridgehead atoms. The SMILES string of the molecule is CCOc1c(C)nc(C)c(OCC)c1-c1ccc(-c2ccccc2-c2nn[nH]n2)cc1. The van der Waals surface area contributed by atoms with Crippen molar-refractivity contribution in [3.8, 4) is 45.1 Å². The first-order chi connectivity index (χ1) is 15.1. The van der Waals surface area contributed by atoms with E-state index in [4.69, 9.17) is 9.47 Å². The van der Waals surface area contributed by atoms with E-state index in [9.17, 15) is 0 Å². The zero-order valence-electron chi connectivity index (χ0n) is 18.1. The summed E-state index contributed by atoms with van der Waals surface area (Å²) in [5.74, 6) is 2.09. The number of H-pyrrole nitrogens is 1. The molecule has 2 heterocycles. The molecule has 0 saturated heterocycles. The van der Waals surface area contributed by atoms with Crippen molar-refractivity contribution in [2.75, 3.05) is 13.2 Å². The number of rotatable bonds is 7. The molecular weight excluding hydrogens is 390 g/mol. The number of hydrogen-bond donors (Lipinski definition) is 1. The average Bonchev–Trinajstić information content (AvgIpc) is 3.32. The van der Waals surface area contributed by atoms with Crippen molar-refractivity contribution < 1.29 is 9.47 Å². The molecule has 7 heteroatoms. The normalized spacial score (nSPS) is 10.8. The van der Waals surface area contributed by atoms with Gasteiger partial charge in [0.1, 0.15) is 0 Å². The van der Waals surface area contributed by atoms with Gasteiger partial charge in [-0.1, -0.05) is 48.5 Å². The summed E-state index contributed by atoms with van der Waals surface area (Å²) in [6.45, 7) is 8.99. The molecule has 158 valence electrons. The number of hydrogen-bond acceptors (Lipinski definition) is 6. The molecule has 0 aliphatic rings. The van der Waals surface area contributed by atoms with Gasteiger partial charge in [0.25, 0.3) is 0 Å². The number of benzene rings is 2. The minimum absolute atomic E-state index is 0.556. The summed E-state index contributed by atoms with van der Waals surface area (Å²) in [6.07, 6.45) is 0. The van der Waals surface area contributed by atoms with Crippen LogP contribution in [-0.2, 0) is 0 Å². The van der Waals surface area contributed by atoms with Gasteiger partial charge in [-0.2, -0.15) is 5.21 Å². The monoisotopic (exact) mass is 415 g/mol. The van der Waals surface area contributed by atoms with Crippen LogP contribution in [0, 0.1) is 13.8 Å². The van der Waals surface area contributed by atoms with Crippen LogP contribution in [0.3, 0.4) is 0 Å². The first kappa shape index (κ1) is 20.5. The van der Waals surface area contributed by atoms with E-state index >= 15 is 0 Å². The zero-order valence-corrected chi connectivity index (χ0v) is 18.1. The van der Waals surface area contributed by atoms with Crippen molar-refractivity contribution in [2.45, 2.75) is 27.7 Å². The quantitative estimate of drug-likeness (QED) is 0.457. The third kappa shape index (κ3) is 3.99. The molecule has 4 aromatic rings. The Morgan fingerprint density at radius 2 is 1.35 bits per heavy atom. The lowest BCUT2D eigenvalue weighted by molar-refractivity contribution is 0.319. The Hall–Kier alpha value is -3.74. The molecule has 7 nitrogen and oxygen atoms in total. The van der Waals surface area contributed by atoms with Gasteiger partial charge in [0.2, 0.25) is 5.82 Å². The van der Waals surface area contributed by atoms with Crippen LogP contribution in [0.1, 0.15) is 25.2 Å². The summed E-state index contributed by atoms with van der Waals surface area (Å²) in [6, 6.07) is 16.4. The van der Waals surface area contributed by atoms with Crippen molar-refractivity contribution in [1.82, 2.24) is 25.6 Å². The number of aryl methyl sites for hydroxylation is 2. The lowest BCUT2D eigenvalue weighted by atomic mass is 9.95. The summed E-state index contributed by atoms with van der Waals surface area (Å²) in [4.78, 5) is 4.63. The number of ether oxygens (including phenoxy) is 2. The number of nitrogens with zero attached hydrogens (tertiary/aromatic N) is 4. The summed E-state index contributed by atoms with van der Waals surface area (Å²) in [5.41, 5.74) is 6.67. The zero-order chi connectivity index (χ0) is 21.8. The smallest absolute Gasteiger partial charge is 0.205 e. The van der Waals surface area contributed by atoms with E-state index in [1.165, 1.54) is 0 Å². The highest BCUT2D eigenvalue weighted by molar-refractivity contribution is 5.84. The summed E-state index contributed by atoms with van der Waals surface area (Å²) in [7, 11) is 0. The fourth-order valence-electron chi connectivity index (χ4n) is 3.74. The third-order valence-corrected chi connectivity index (χ3v) is 5.02. The summed E-state index contributed by atoms with van der Waals surface area (Å²) >= 11 is 0. The van der Waals surface area contributed by atoms with Gasteiger partial charge in [-0.3, -0.25) is 4.98 Å². The maximum atomic E-state index is 5.98. The van der Waals surface area contributed by atoms with E-state index < -0.39 is 0 Å². The average molecular weight is 415 g/mol. The van der Waals surface area contributed by atoms with Gasteiger partial charge in [0.15, 0.2) is 11.5 Å². The highest BCUT2D eigenvalue weighted by Crippen LogP contribution is 2.42. The topological polar surface area (TPSA) is 85.8 Å². The highest BCUT2D eigenvalue weighted by Gasteiger charge is 2.20. The maximum absolute atomic E-state index is 5.98. The Kier molecular flexibility index (Phi) is 5.93. The molecule has 0 radical (unpaired) electrons. The Morgan fingerprint density at radius 1 is 0.774 bits per heavy atom. The van der Waals surface area contributed by atoms with Gasteiger partial charge in [-0.25, -0.2) is 0 Å². The predicted octanol–water partition coefficient (Wildman–Crippen LogP) is 5.01. The van der Waals surface area contributed by atoms with E-state index in [0.29, 0.717) is 19.0 Å². The first-order valence-corrected chi connectivity index (χ1v) is 10.3. The molecule has 0 unspecified atom stereocenters. The minimum Gasteiger partial charge on any atom is -0.491 e. The maximum Gasteiger partial charge on any atom is 0.205 e. The van der Waals surface area contributed by atoms with E-state index in [1.54, 1.807) is 0 Å². The first-order valence-electron chi connectivity index (χ1n) is 10.3. The van der Waals surface area contributed by atoms with E-state index in [-0.39, 0.29) is 0 Å². The molecule has 2 aromatic carbocycles. The van der Waals surface area contributed by atoms with Crippen molar-refractivity contribution in [3.05, 3.63) is 59.9 Å². The van der Waals surface area contributed by atoms with Crippen LogP contribution in [-0.4, -0.2) is 38.8 Å². The van der Waals surface area contributed by atoms with Crippen LogP contribution in [0.15, 0.2) is 48.5 Å². The number of pyridine rings is 1. The molecule has 0 aliphatic carbocycles. The standard InChI is InChI=1S/C24H25N5O2/c1-5-30-22-15(3)25-16(4)23(31-6-2)21(22)18-13-11-17(12-14-18)19-9-7-8-10-20(19)24-26-28-29-27-24/h7-14H,5-6H2,1-4H3,(H,26,27,28,29). The van der Waals surface area contributed by atoms with Gasteiger partial charge in [0, 0.05) is 5.56 Å². The van der Waals surface area contributed by atoms with Gasteiger partial charge in [-0.15, -0.1) is 10.2 Å². The van der Waals surface area contributed by atoms with E-state index in [1.807, 2.05) is 45.9 Å². The number of nitrogens with one attached hydrogen (secondary N) is 1. The molecule has 0 atom stereocenters. The van der Waals surface area contributed by atoms with Crippen LogP contribution < -0.4 is 9.47 Å². The lowest BCUT2D eigenvalue weighted by Crippen LogP contribution is -2.05. The van der Waals surface area contributed by atoms with Gasteiger partial charge >= 0.3 is 0 Å². The largest absolute Gasteiger partial charge is 0.491 e. The van der Waals surface area contributed by atoms with Gasteiger partial charge in [0.05, 0.1) is 30.2 Å². The molecule has 31 heavy (non-hydrogen) atoms. The van der Waals surface area contributed by atoms with Gasteiger partial charge in [-0.05, 0) is 49.6 Å². The number of aromatic amines is 1. The molecule has 0 spiro atoms. The van der Waals surface area contributed by atoms with Crippen LogP contribution >= 0.6 is 0 Å². The Balaban J connectivity index is 1.82. The van der Waals surface area contributed by atoms with Crippen molar-refractivity contribution in [1.29, 1.82) is 0 Å². The third-order valence-electron chi connectivity index (χ3n) is 5.02. The Bertz CT molecular complexity index is 1140. The second kappa shape index (κ2) is 8.95. The van der Waals surface area contributed by atoms with Gasteiger partial charge < -0.3 is 9.47 Å². The number of tetrazole rings is 1.